The second-order valence-electron chi connectivity index (χ2n) is 5.05. The highest BCUT2D eigenvalue weighted by atomic mass is 32.1. The third-order valence-corrected chi connectivity index (χ3v) is 4.24. The monoisotopic (exact) mass is 340 g/mol. The lowest BCUT2D eigenvalue weighted by Gasteiger charge is -2.05. The van der Waals surface area contributed by atoms with Gasteiger partial charge in [0.1, 0.15) is 5.01 Å². The van der Waals surface area contributed by atoms with Crippen LogP contribution in [-0.4, -0.2) is 28.0 Å². The van der Waals surface area contributed by atoms with Crippen molar-refractivity contribution < 1.29 is 9.53 Å². The Bertz CT molecular complexity index is 803. The number of carbonyl (C=O) groups excluding carboxylic acids is 1. The minimum Gasteiger partial charge on any atom is -0.481 e. The number of rotatable bonds is 6. The normalized spacial score (nSPS) is 10.4. The molecule has 0 aliphatic rings. The molecule has 24 heavy (non-hydrogen) atoms. The summed E-state index contributed by atoms with van der Waals surface area (Å²) in [4.78, 5) is 24.7. The lowest BCUT2D eigenvalue weighted by molar-refractivity contribution is -0.120. The molecular formula is C17H16N4O2S. The van der Waals surface area contributed by atoms with E-state index in [0.717, 1.165) is 21.8 Å². The molecular weight excluding hydrogens is 324 g/mol. The number of nitrogens with one attached hydrogen (secondary N) is 1. The topological polar surface area (TPSA) is 77.0 Å². The first-order chi connectivity index (χ1) is 11.7. The van der Waals surface area contributed by atoms with Gasteiger partial charge in [0.15, 0.2) is 0 Å². The highest BCUT2D eigenvalue weighted by Crippen LogP contribution is 2.22. The third-order valence-electron chi connectivity index (χ3n) is 3.30. The SMILES string of the molecule is COc1ccc(CNC(=O)Cc2csc(-c3cccnc3)n2)cn1. The van der Waals surface area contributed by atoms with Crippen molar-refractivity contribution >= 4 is 17.2 Å². The Kier molecular flexibility index (Phi) is 5.12. The molecule has 3 rings (SSSR count). The van der Waals surface area contributed by atoms with Crippen molar-refractivity contribution in [3.05, 3.63) is 59.5 Å². The van der Waals surface area contributed by atoms with Gasteiger partial charge in [-0.25, -0.2) is 9.97 Å². The molecule has 0 bridgehead atoms. The molecule has 6 nitrogen and oxygen atoms in total. The number of hydrogen-bond acceptors (Lipinski definition) is 6. The van der Waals surface area contributed by atoms with E-state index in [4.69, 9.17) is 4.74 Å². The fourth-order valence-corrected chi connectivity index (χ4v) is 2.88. The molecule has 0 fully saturated rings. The van der Waals surface area contributed by atoms with Crippen LogP contribution in [0.15, 0.2) is 48.2 Å². The van der Waals surface area contributed by atoms with Crippen molar-refractivity contribution in [2.45, 2.75) is 13.0 Å². The molecule has 0 unspecified atom stereocenters. The number of aromatic nitrogens is 3. The van der Waals surface area contributed by atoms with Crippen molar-refractivity contribution in [1.82, 2.24) is 20.3 Å². The van der Waals surface area contributed by atoms with Crippen molar-refractivity contribution in [1.29, 1.82) is 0 Å². The van der Waals surface area contributed by atoms with Crippen LogP contribution in [0.2, 0.25) is 0 Å². The van der Waals surface area contributed by atoms with Crippen LogP contribution in [0.1, 0.15) is 11.3 Å². The maximum atomic E-state index is 12.1. The van der Waals surface area contributed by atoms with Gasteiger partial charge in [0.05, 0.1) is 19.2 Å². The number of amides is 1. The minimum atomic E-state index is -0.0751. The molecule has 7 heteroatoms. The summed E-state index contributed by atoms with van der Waals surface area (Å²) in [5.41, 5.74) is 2.63. The summed E-state index contributed by atoms with van der Waals surface area (Å²) < 4.78 is 5.00. The van der Waals surface area contributed by atoms with Crippen LogP contribution >= 0.6 is 11.3 Å². The Morgan fingerprint density at radius 2 is 2.21 bits per heavy atom. The number of thiazole rings is 1. The Labute approximate surface area is 143 Å². The third kappa shape index (κ3) is 4.14. The lowest BCUT2D eigenvalue weighted by atomic mass is 10.2. The summed E-state index contributed by atoms with van der Waals surface area (Å²) in [5.74, 6) is 0.476. The van der Waals surface area contributed by atoms with E-state index in [1.54, 1.807) is 31.8 Å². The van der Waals surface area contributed by atoms with E-state index in [9.17, 15) is 4.79 Å². The number of methoxy groups -OCH3 is 1. The number of pyridine rings is 2. The summed E-state index contributed by atoms with van der Waals surface area (Å²) in [7, 11) is 1.57. The first-order valence-electron chi connectivity index (χ1n) is 7.35. The van der Waals surface area contributed by atoms with Gasteiger partial charge in [-0.2, -0.15) is 0 Å². The Balaban J connectivity index is 1.54. The molecule has 0 spiro atoms. The molecule has 3 aromatic heterocycles. The van der Waals surface area contributed by atoms with E-state index < -0.39 is 0 Å². The number of carbonyl (C=O) groups is 1. The van der Waals surface area contributed by atoms with E-state index in [-0.39, 0.29) is 12.3 Å². The van der Waals surface area contributed by atoms with Crippen LogP contribution in [0.5, 0.6) is 5.88 Å². The zero-order valence-electron chi connectivity index (χ0n) is 13.1. The summed E-state index contributed by atoms with van der Waals surface area (Å²) in [6.45, 7) is 0.426. The Hall–Kier alpha value is -2.80. The van der Waals surface area contributed by atoms with Crippen LogP contribution < -0.4 is 10.1 Å². The second-order valence-corrected chi connectivity index (χ2v) is 5.91. The summed E-state index contributed by atoms with van der Waals surface area (Å²) in [6.07, 6.45) is 5.42. The van der Waals surface area contributed by atoms with Gasteiger partial charge in [0.25, 0.3) is 0 Å². The van der Waals surface area contributed by atoms with Crippen LogP contribution in [0.4, 0.5) is 0 Å². The van der Waals surface area contributed by atoms with E-state index >= 15 is 0 Å². The fraction of sp³-hybridized carbons (Fsp3) is 0.176. The van der Waals surface area contributed by atoms with E-state index in [1.165, 1.54) is 11.3 Å². The van der Waals surface area contributed by atoms with Crippen LogP contribution in [0, 0.1) is 0 Å². The molecule has 1 amide bonds. The molecule has 0 aliphatic carbocycles. The molecule has 3 heterocycles. The molecule has 1 N–H and O–H groups in total. The molecule has 0 aromatic carbocycles. The lowest BCUT2D eigenvalue weighted by Crippen LogP contribution is -2.24. The van der Waals surface area contributed by atoms with Gasteiger partial charge >= 0.3 is 0 Å². The molecule has 122 valence electrons. The van der Waals surface area contributed by atoms with Gasteiger partial charge in [0, 0.05) is 42.1 Å². The largest absolute Gasteiger partial charge is 0.481 e. The van der Waals surface area contributed by atoms with Crippen molar-refractivity contribution in [2.24, 2.45) is 0 Å². The highest BCUT2D eigenvalue weighted by molar-refractivity contribution is 7.13. The zero-order chi connectivity index (χ0) is 16.8. The van der Waals surface area contributed by atoms with Crippen molar-refractivity contribution in [3.8, 4) is 16.5 Å². The zero-order valence-corrected chi connectivity index (χ0v) is 13.9. The van der Waals surface area contributed by atoms with Gasteiger partial charge in [0.2, 0.25) is 11.8 Å². The average Bonchev–Trinajstić information content (AvgIpc) is 3.09. The number of nitrogens with zero attached hydrogens (tertiary/aromatic N) is 3. The highest BCUT2D eigenvalue weighted by Gasteiger charge is 2.09. The first kappa shape index (κ1) is 16.1. The fourth-order valence-electron chi connectivity index (χ4n) is 2.07. The predicted molar refractivity (Wildman–Crippen MR) is 91.7 cm³/mol. The quantitative estimate of drug-likeness (QED) is 0.746. The second kappa shape index (κ2) is 7.65. The van der Waals surface area contributed by atoms with Crippen molar-refractivity contribution in [3.63, 3.8) is 0 Å². The molecule has 0 saturated carbocycles. The van der Waals surface area contributed by atoms with Gasteiger partial charge in [-0.15, -0.1) is 11.3 Å². The Morgan fingerprint density at radius 1 is 1.29 bits per heavy atom. The van der Waals surface area contributed by atoms with E-state index in [0.29, 0.717) is 12.4 Å². The smallest absolute Gasteiger partial charge is 0.226 e. The van der Waals surface area contributed by atoms with Gasteiger partial charge in [-0.1, -0.05) is 6.07 Å². The van der Waals surface area contributed by atoms with Gasteiger partial charge < -0.3 is 10.1 Å². The molecule has 0 atom stereocenters. The van der Waals surface area contributed by atoms with E-state index in [2.05, 4.69) is 20.3 Å². The number of hydrogen-bond donors (Lipinski definition) is 1. The van der Waals surface area contributed by atoms with Crippen LogP contribution in [0.25, 0.3) is 10.6 Å². The molecule has 0 radical (unpaired) electrons. The number of ether oxygens (including phenoxy) is 1. The summed E-state index contributed by atoms with van der Waals surface area (Å²) >= 11 is 1.51. The Morgan fingerprint density at radius 3 is 2.92 bits per heavy atom. The average molecular weight is 340 g/mol. The van der Waals surface area contributed by atoms with E-state index in [1.807, 2.05) is 23.6 Å². The molecule has 0 aliphatic heterocycles. The predicted octanol–water partition coefficient (Wildman–Crippen LogP) is 2.47. The molecule has 0 saturated heterocycles. The maximum absolute atomic E-state index is 12.1. The maximum Gasteiger partial charge on any atom is 0.226 e. The molecule has 3 aromatic rings. The van der Waals surface area contributed by atoms with Gasteiger partial charge in [-0.3, -0.25) is 9.78 Å². The van der Waals surface area contributed by atoms with Crippen molar-refractivity contribution in [2.75, 3.05) is 7.11 Å². The summed E-state index contributed by atoms with van der Waals surface area (Å²) in [6, 6.07) is 7.45. The standard InChI is InChI=1S/C17H16N4O2S/c1-23-16-5-4-12(9-20-16)8-19-15(22)7-14-11-24-17(21-14)13-3-2-6-18-10-13/h2-6,9-11H,7-8H2,1H3,(H,19,22). The first-order valence-corrected chi connectivity index (χ1v) is 8.23. The summed E-state index contributed by atoms with van der Waals surface area (Å²) in [5, 5.41) is 5.63. The minimum absolute atomic E-state index is 0.0751. The van der Waals surface area contributed by atoms with Crippen LogP contribution in [-0.2, 0) is 17.8 Å². The van der Waals surface area contributed by atoms with Crippen LogP contribution in [0.3, 0.4) is 0 Å². The van der Waals surface area contributed by atoms with Gasteiger partial charge in [-0.05, 0) is 17.7 Å².